The summed E-state index contributed by atoms with van der Waals surface area (Å²) in [6, 6.07) is 1.53. The van der Waals surface area contributed by atoms with Gasteiger partial charge in [0.1, 0.15) is 11.4 Å². The van der Waals surface area contributed by atoms with E-state index in [0.29, 0.717) is 19.4 Å². The van der Waals surface area contributed by atoms with Crippen molar-refractivity contribution in [2.24, 2.45) is 5.73 Å². The number of aryl methyl sites for hydroxylation is 1. The molecule has 1 unspecified atom stereocenters. The van der Waals surface area contributed by atoms with Crippen LogP contribution in [0.25, 0.3) is 0 Å². The van der Waals surface area contributed by atoms with E-state index in [-0.39, 0.29) is 11.8 Å². The Bertz CT molecular complexity index is 684. The predicted molar refractivity (Wildman–Crippen MR) is 87.5 cm³/mol. The van der Waals surface area contributed by atoms with Crippen molar-refractivity contribution >= 4 is 17.5 Å². The number of rotatable bonds is 3. The van der Waals surface area contributed by atoms with Crippen LogP contribution in [0, 0.1) is 6.92 Å². The van der Waals surface area contributed by atoms with Gasteiger partial charge in [0.25, 0.3) is 0 Å². The molecule has 1 aromatic carbocycles. The molecule has 0 aromatic heterocycles. The maximum Gasteiger partial charge on any atom is 0.236 e. The van der Waals surface area contributed by atoms with Crippen LogP contribution < -0.4 is 21.1 Å². The highest BCUT2D eigenvalue weighted by Gasteiger charge is 2.38. The number of carbonyl (C=O) groups is 2. The zero-order valence-electron chi connectivity index (χ0n) is 13.8. The van der Waals surface area contributed by atoms with Crippen LogP contribution in [0.4, 0.5) is 5.69 Å². The van der Waals surface area contributed by atoms with E-state index < -0.39 is 11.6 Å². The molecule has 0 radical (unpaired) electrons. The molecule has 0 bridgehead atoms. The largest absolute Gasteiger partial charge is 0.485 e. The zero-order chi connectivity index (χ0) is 16.8. The molecular weight excluding hydrogens is 294 g/mol. The minimum Gasteiger partial charge on any atom is -0.485 e. The van der Waals surface area contributed by atoms with Gasteiger partial charge in [0.15, 0.2) is 0 Å². The van der Waals surface area contributed by atoms with E-state index in [9.17, 15) is 9.59 Å². The molecule has 0 saturated carbocycles. The topological polar surface area (TPSA) is 93.5 Å². The van der Waals surface area contributed by atoms with Crippen molar-refractivity contribution in [1.82, 2.24) is 5.32 Å². The first-order chi connectivity index (χ1) is 10.8. The number of hydrogen-bond acceptors (Lipinski definition) is 4. The molecule has 2 aliphatic heterocycles. The van der Waals surface area contributed by atoms with E-state index in [4.69, 9.17) is 10.5 Å². The van der Waals surface area contributed by atoms with Gasteiger partial charge >= 0.3 is 0 Å². The third-order valence-electron chi connectivity index (χ3n) is 4.48. The van der Waals surface area contributed by atoms with E-state index in [2.05, 4.69) is 16.7 Å². The van der Waals surface area contributed by atoms with E-state index >= 15 is 0 Å². The first kappa shape index (κ1) is 15.8. The number of fused-ring (bicyclic) bond motifs is 3. The second kappa shape index (κ2) is 5.53. The smallest absolute Gasteiger partial charge is 0.236 e. The number of ether oxygens (including phenoxy) is 1. The van der Waals surface area contributed by atoms with Crippen LogP contribution in [-0.2, 0) is 22.4 Å². The Hall–Kier alpha value is -2.08. The molecule has 23 heavy (non-hydrogen) atoms. The molecule has 6 heteroatoms. The number of anilines is 1. The summed E-state index contributed by atoms with van der Waals surface area (Å²) in [6.07, 6.45) is 1.89. The Labute approximate surface area is 135 Å². The summed E-state index contributed by atoms with van der Waals surface area (Å²) >= 11 is 0. The lowest BCUT2D eigenvalue weighted by atomic mass is 9.92. The summed E-state index contributed by atoms with van der Waals surface area (Å²) in [6.45, 7) is 6.04. The minimum absolute atomic E-state index is 0.0468. The molecule has 6 nitrogen and oxygen atoms in total. The fourth-order valence-corrected chi connectivity index (χ4v) is 3.27. The van der Waals surface area contributed by atoms with Crippen LogP contribution in [0.1, 0.15) is 37.0 Å². The zero-order valence-corrected chi connectivity index (χ0v) is 13.8. The maximum absolute atomic E-state index is 11.7. The van der Waals surface area contributed by atoms with Crippen LogP contribution >= 0.6 is 0 Å². The van der Waals surface area contributed by atoms with E-state index in [1.807, 2.05) is 13.8 Å². The van der Waals surface area contributed by atoms with Gasteiger partial charge in [-0.2, -0.15) is 0 Å². The molecule has 2 aliphatic rings. The molecule has 2 amide bonds. The third kappa shape index (κ3) is 2.91. The SMILES string of the molecule is Cc1cc2c(c3c1NC(=O)CC3)OC(C)(CNC(=O)[C@H](C)N)C2. The number of nitrogens with one attached hydrogen (secondary N) is 2. The van der Waals surface area contributed by atoms with E-state index in [1.165, 1.54) is 0 Å². The van der Waals surface area contributed by atoms with Crippen LogP contribution in [0.15, 0.2) is 6.07 Å². The predicted octanol–water partition coefficient (Wildman–Crippen LogP) is 1.04. The molecule has 0 spiro atoms. The minimum atomic E-state index is -0.535. The normalized spacial score (nSPS) is 23.4. The third-order valence-corrected chi connectivity index (χ3v) is 4.48. The van der Waals surface area contributed by atoms with Crippen LogP contribution in [0.5, 0.6) is 5.75 Å². The molecule has 1 aromatic rings. The van der Waals surface area contributed by atoms with Crippen molar-refractivity contribution in [1.29, 1.82) is 0 Å². The summed E-state index contributed by atoms with van der Waals surface area (Å²) in [7, 11) is 0. The quantitative estimate of drug-likeness (QED) is 0.776. The van der Waals surface area contributed by atoms with Crippen LogP contribution in [0.3, 0.4) is 0 Å². The lowest BCUT2D eigenvalue weighted by Crippen LogP contribution is -2.48. The fourth-order valence-electron chi connectivity index (χ4n) is 3.27. The average Bonchev–Trinajstić information content (AvgIpc) is 2.82. The average molecular weight is 317 g/mol. The van der Waals surface area contributed by atoms with Crippen molar-refractivity contribution < 1.29 is 14.3 Å². The number of nitrogens with two attached hydrogens (primary N) is 1. The van der Waals surface area contributed by atoms with Crippen molar-refractivity contribution in [3.63, 3.8) is 0 Å². The number of benzene rings is 1. The van der Waals surface area contributed by atoms with E-state index in [0.717, 1.165) is 34.5 Å². The first-order valence-corrected chi connectivity index (χ1v) is 7.96. The molecule has 2 atom stereocenters. The second-order valence-electron chi connectivity index (χ2n) is 6.82. The number of hydrogen-bond donors (Lipinski definition) is 3. The highest BCUT2D eigenvalue weighted by molar-refractivity contribution is 5.95. The summed E-state index contributed by atoms with van der Waals surface area (Å²) in [5.41, 5.74) is 9.23. The lowest BCUT2D eigenvalue weighted by molar-refractivity contribution is -0.122. The van der Waals surface area contributed by atoms with Gasteiger partial charge in [0, 0.05) is 18.4 Å². The number of amides is 2. The molecule has 4 N–H and O–H groups in total. The summed E-state index contributed by atoms with van der Waals surface area (Å²) < 4.78 is 6.21. The van der Waals surface area contributed by atoms with Crippen molar-refractivity contribution in [3.05, 3.63) is 22.8 Å². The highest BCUT2D eigenvalue weighted by atomic mass is 16.5. The van der Waals surface area contributed by atoms with Crippen molar-refractivity contribution in [2.45, 2.75) is 51.7 Å². The van der Waals surface area contributed by atoms with Gasteiger partial charge in [-0.05, 0) is 38.3 Å². The Morgan fingerprint density at radius 1 is 1.52 bits per heavy atom. The Kier molecular flexibility index (Phi) is 3.80. The fraction of sp³-hybridized carbons (Fsp3) is 0.529. The van der Waals surface area contributed by atoms with Gasteiger partial charge < -0.3 is 21.1 Å². The Balaban J connectivity index is 1.84. The van der Waals surface area contributed by atoms with Crippen molar-refractivity contribution in [3.8, 4) is 5.75 Å². The van der Waals surface area contributed by atoms with Gasteiger partial charge in [-0.3, -0.25) is 9.59 Å². The molecule has 124 valence electrons. The van der Waals surface area contributed by atoms with Gasteiger partial charge in [-0.25, -0.2) is 0 Å². The first-order valence-electron chi connectivity index (χ1n) is 7.96. The Morgan fingerprint density at radius 2 is 2.26 bits per heavy atom. The number of carbonyl (C=O) groups excluding carboxylic acids is 2. The van der Waals surface area contributed by atoms with E-state index in [1.54, 1.807) is 6.92 Å². The summed E-state index contributed by atoms with van der Waals surface area (Å²) in [5.74, 6) is 0.727. The van der Waals surface area contributed by atoms with Gasteiger partial charge in [0.2, 0.25) is 11.8 Å². The van der Waals surface area contributed by atoms with Crippen LogP contribution in [-0.4, -0.2) is 30.0 Å². The molecule has 0 saturated heterocycles. The molecule has 0 fully saturated rings. The second-order valence-corrected chi connectivity index (χ2v) is 6.82. The molecule has 2 heterocycles. The van der Waals surface area contributed by atoms with Gasteiger partial charge in [-0.15, -0.1) is 0 Å². The maximum atomic E-state index is 11.7. The van der Waals surface area contributed by atoms with Crippen LogP contribution in [0.2, 0.25) is 0 Å². The van der Waals surface area contributed by atoms with Crippen molar-refractivity contribution in [2.75, 3.05) is 11.9 Å². The lowest BCUT2D eigenvalue weighted by Gasteiger charge is -2.26. The standard InChI is InChI=1S/C17H23N3O3/c1-9-6-11-7-17(3,8-19-16(22)10(2)18)23-15(11)12-4-5-13(21)20-14(9)12/h6,10H,4-5,7-8,18H2,1-3H3,(H,19,22)(H,20,21)/t10-,17?/m0/s1. The highest BCUT2D eigenvalue weighted by Crippen LogP contribution is 2.44. The summed E-state index contributed by atoms with van der Waals surface area (Å²) in [4.78, 5) is 23.3. The summed E-state index contributed by atoms with van der Waals surface area (Å²) in [5, 5.41) is 5.79. The monoisotopic (exact) mass is 317 g/mol. The Morgan fingerprint density at radius 3 is 2.96 bits per heavy atom. The van der Waals surface area contributed by atoms with Gasteiger partial charge in [-0.1, -0.05) is 6.07 Å². The molecular formula is C17H23N3O3. The molecule has 3 rings (SSSR count). The van der Waals surface area contributed by atoms with Gasteiger partial charge in [0.05, 0.1) is 18.3 Å². The molecule has 0 aliphatic carbocycles.